The number of likely N-dealkylation sites (N-methyl/N-ethyl adjacent to an activating group) is 1. The van der Waals surface area contributed by atoms with Crippen LogP contribution in [0.5, 0.6) is 0 Å². The van der Waals surface area contributed by atoms with Gasteiger partial charge in [0.1, 0.15) is 0 Å². The lowest BCUT2D eigenvalue weighted by atomic mass is 9.84. The van der Waals surface area contributed by atoms with Crippen LogP contribution in [-0.4, -0.2) is 41.1 Å². The van der Waals surface area contributed by atoms with E-state index in [-0.39, 0.29) is 5.91 Å². The van der Waals surface area contributed by atoms with E-state index >= 15 is 0 Å². The number of carbonyl (C=O) groups excluding carboxylic acids is 1. The maximum atomic E-state index is 12.2. The van der Waals surface area contributed by atoms with Crippen molar-refractivity contribution in [1.82, 2.24) is 4.90 Å². The van der Waals surface area contributed by atoms with Gasteiger partial charge < -0.3 is 15.7 Å². The molecule has 2 saturated carbocycles. The summed E-state index contributed by atoms with van der Waals surface area (Å²) in [4.78, 5) is 13.9. The van der Waals surface area contributed by atoms with Gasteiger partial charge in [-0.05, 0) is 44.4 Å². The second kappa shape index (κ2) is 6.23. The molecule has 0 aromatic heterocycles. The molecule has 110 valence electrons. The third kappa shape index (κ3) is 4.18. The van der Waals surface area contributed by atoms with Gasteiger partial charge in [-0.2, -0.15) is 0 Å². The highest BCUT2D eigenvalue weighted by atomic mass is 16.3. The predicted molar refractivity (Wildman–Crippen MR) is 75.6 cm³/mol. The van der Waals surface area contributed by atoms with Gasteiger partial charge in [-0.15, -0.1) is 0 Å². The normalized spacial score (nSPS) is 30.3. The molecule has 19 heavy (non-hydrogen) atoms. The van der Waals surface area contributed by atoms with Gasteiger partial charge >= 0.3 is 0 Å². The first-order valence-corrected chi connectivity index (χ1v) is 7.70. The number of amides is 1. The molecule has 0 aromatic carbocycles. The molecule has 2 aliphatic rings. The average molecular weight is 268 g/mol. The molecule has 0 atom stereocenters. The molecule has 2 aliphatic carbocycles. The monoisotopic (exact) mass is 268 g/mol. The van der Waals surface area contributed by atoms with Gasteiger partial charge in [-0.1, -0.05) is 12.8 Å². The minimum Gasteiger partial charge on any atom is -0.388 e. The quantitative estimate of drug-likeness (QED) is 0.815. The summed E-state index contributed by atoms with van der Waals surface area (Å²) in [6, 6.07) is 0.336. The number of aliphatic hydroxyl groups is 1. The highest BCUT2D eigenvalue weighted by Gasteiger charge is 2.33. The molecule has 0 aliphatic heterocycles. The Morgan fingerprint density at radius 2 is 1.84 bits per heavy atom. The molecular weight excluding hydrogens is 240 g/mol. The number of rotatable bonds is 4. The number of nitrogens with two attached hydrogens (primary N) is 1. The SMILES string of the molecule is CN(CC1(O)CCCC1)C(=O)CC1CCC(N)CC1. The minimum atomic E-state index is -0.626. The van der Waals surface area contributed by atoms with Crippen LogP contribution in [0.4, 0.5) is 0 Å². The Bertz CT molecular complexity index is 305. The predicted octanol–water partition coefficient (Wildman–Crippen LogP) is 1.66. The fourth-order valence-corrected chi connectivity index (χ4v) is 3.52. The second-order valence-electron chi connectivity index (χ2n) is 6.67. The van der Waals surface area contributed by atoms with Crippen LogP contribution in [0.1, 0.15) is 57.8 Å². The molecule has 0 bridgehead atoms. The lowest BCUT2D eigenvalue weighted by molar-refractivity contribution is -0.134. The van der Waals surface area contributed by atoms with Crippen LogP contribution in [0.3, 0.4) is 0 Å². The Labute approximate surface area is 116 Å². The molecule has 4 nitrogen and oxygen atoms in total. The van der Waals surface area contributed by atoms with Crippen molar-refractivity contribution >= 4 is 5.91 Å². The summed E-state index contributed by atoms with van der Waals surface area (Å²) in [7, 11) is 1.83. The molecule has 0 unspecified atom stereocenters. The fourth-order valence-electron chi connectivity index (χ4n) is 3.52. The van der Waals surface area contributed by atoms with E-state index in [0.717, 1.165) is 51.4 Å². The summed E-state index contributed by atoms with van der Waals surface area (Å²) in [6.07, 6.45) is 8.70. The topological polar surface area (TPSA) is 66.6 Å². The molecule has 0 radical (unpaired) electrons. The van der Waals surface area contributed by atoms with E-state index in [1.807, 2.05) is 7.05 Å². The highest BCUT2D eigenvalue weighted by molar-refractivity contribution is 5.76. The second-order valence-corrected chi connectivity index (χ2v) is 6.67. The highest BCUT2D eigenvalue weighted by Crippen LogP contribution is 2.31. The molecule has 2 rings (SSSR count). The Morgan fingerprint density at radius 3 is 2.42 bits per heavy atom. The van der Waals surface area contributed by atoms with Crippen LogP contribution in [0.2, 0.25) is 0 Å². The molecule has 3 N–H and O–H groups in total. The van der Waals surface area contributed by atoms with Gasteiger partial charge in [-0.3, -0.25) is 4.79 Å². The minimum absolute atomic E-state index is 0.181. The first-order valence-electron chi connectivity index (χ1n) is 7.70. The van der Waals surface area contributed by atoms with Gasteiger partial charge in [0.05, 0.1) is 5.60 Å². The van der Waals surface area contributed by atoms with E-state index in [1.165, 1.54) is 0 Å². The molecule has 0 spiro atoms. The van der Waals surface area contributed by atoms with E-state index in [2.05, 4.69) is 0 Å². The van der Waals surface area contributed by atoms with Crippen molar-refractivity contribution in [3.05, 3.63) is 0 Å². The smallest absolute Gasteiger partial charge is 0.222 e. The summed E-state index contributed by atoms with van der Waals surface area (Å²) in [5, 5.41) is 10.3. The van der Waals surface area contributed by atoms with Crippen molar-refractivity contribution in [3.8, 4) is 0 Å². The van der Waals surface area contributed by atoms with Gasteiger partial charge in [0.25, 0.3) is 0 Å². The summed E-state index contributed by atoms with van der Waals surface area (Å²) in [5.74, 6) is 0.675. The van der Waals surface area contributed by atoms with Crippen LogP contribution in [-0.2, 0) is 4.79 Å². The van der Waals surface area contributed by atoms with Crippen LogP contribution >= 0.6 is 0 Å². The average Bonchev–Trinajstić information content (AvgIpc) is 2.78. The van der Waals surface area contributed by atoms with E-state index in [1.54, 1.807) is 4.90 Å². The number of hydrogen-bond acceptors (Lipinski definition) is 3. The maximum Gasteiger partial charge on any atom is 0.222 e. The Kier molecular flexibility index (Phi) is 4.85. The van der Waals surface area contributed by atoms with E-state index < -0.39 is 5.60 Å². The van der Waals surface area contributed by atoms with Crippen molar-refractivity contribution in [1.29, 1.82) is 0 Å². The van der Waals surface area contributed by atoms with Crippen molar-refractivity contribution in [2.75, 3.05) is 13.6 Å². The van der Waals surface area contributed by atoms with Crippen molar-refractivity contribution in [2.24, 2.45) is 11.7 Å². The van der Waals surface area contributed by atoms with Gasteiger partial charge in [-0.25, -0.2) is 0 Å². The summed E-state index contributed by atoms with van der Waals surface area (Å²) in [6.45, 7) is 0.498. The third-order valence-electron chi connectivity index (χ3n) is 4.85. The van der Waals surface area contributed by atoms with Crippen molar-refractivity contribution in [2.45, 2.75) is 69.4 Å². The molecular formula is C15H28N2O2. The van der Waals surface area contributed by atoms with Crippen LogP contribution in [0, 0.1) is 5.92 Å². The molecule has 0 heterocycles. The lowest BCUT2D eigenvalue weighted by Gasteiger charge is -2.31. The Morgan fingerprint density at radius 1 is 1.26 bits per heavy atom. The first-order chi connectivity index (χ1) is 8.98. The van der Waals surface area contributed by atoms with E-state index in [9.17, 15) is 9.90 Å². The zero-order valence-corrected chi connectivity index (χ0v) is 12.1. The van der Waals surface area contributed by atoms with Crippen LogP contribution < -0.4 is 5.73 Å². The van der Waals surface area contributed by atoms with E-state index in [4.69, 9.17) is 5.73 Å². The zero-order chi connectivity index (χ0) is 13.9. The third-order valence-corrected chi connectivity index (χ3v) is 4.85. The Balaban J connectivity index is 1.76. The van der Waals surface area contributed by atoms with Crippen LogP contribution in [0.25, 0.3) is 0 Å². The Hall–Kier alpha value is -0.610. The molecule has 1 amide bonds. The molecule has 0 aromatic rings. The number of carbonyl (C=O) groups is 1. The number of hydrogen-bond donors (Lipinski definition) is 2. The summed E-state index contributed by atoms with van der Waals surface area (Å²) < 4.78 is 0. The van der Waals surface area contributed by atoms with Gasteiger partial charge in [0.15, 0.2) is 0 Å². The largest absolute Gasteiger partial charge is 0.388 e. The maximum absolute atomic E-state index is 12.2. The standard InChI is InChI=1S/C15H28N2O2/c1-17(11-15(19)8-2-3-9-15)14(18)10-12-4-6-13(16)7-5-12/h12-13,19H,2-11,16H2,1H3. The molecule has 2 fully saturated rings. The van der Waals surface area contributed by atoms with E-state index in [0.29, 0.717) is 24.9 Å². The van der Waals surface area contributed by atoms with Gasteiger partial charge in [0.2, 0.25) is 5.91 Å². The molecule has 0 saturated heterocycles. The lowest BCUT2D eigenvalue weighted by Crippen LogP contribution is -2.42. The van der Waals surface area contributed by atoms with Crippen molar-refractivity contribution in [3.63, 3.8) is 0 Å². The fraction of sp³-hybridized carbons (Fsp3) is 0.933. The first kappa shape index (κ1) is 14.8. The zero-order valence-electron chi connectivity index (χ0n) is 12.1. The van der Waals surface area contributed by atoms with Crippen molar-refractivity contribution < 1.29 is 9.90 Å². The number of nitrogens with zero attached hydrogens (tertiary/aromatic N) is 1. The van der Waals surface area contributed by atoms with Crippen LogP contribution in [0.15, 0.2) is 0 Å². The van der Waals surface area contributed by atoms with Gasteiger partial charge in [0, 0.05) is 26.1 Å². The summed E-state index contributed by atoms with van der Waals surface area (Å²) in [5.41, 5.74) is 5.26. The molecule has 4 heteroatoms. The summed E-state index contributed by atoms with van der Waals surface area (Å²) >= 11 is 0.